The molecule has 0 saturated heterocycles. The maximum absolute atomic E-state index is 9.77. The van der Waals surface area contributed by atoms with Gasteiger partial charge < -0.3 is 24.8 Å². The molecule has 16 heavy (non-hydrogen) atoms. The van der Waals surface area contributed by atoms with Crippen molar-refractivity contribution in [3.05, 3.63) is 12.7 Å². The number of aliphatic hydroxyl groups excluding tert-OH is 3. The zero-order valence-corrected chi connectivity index (χ0v) is 9.87. The minimum atomic E-state index is -0.936. The van der Waals surface area contributed by atoms with E-state index in [4.69, 9.17) is 19.7 Å². The first kappa shape index (κ1) is 15.5. The Hall–Kier alpha value is -0.460. The van der Waals surface area contributed by atoms with Gasteiger partial charge in [-0.15, -0.1) is 6.58 Å². The fourth-order valence-corrected chi connectivity index (χ4v) is 1.37. The average Bonchev–Trinajstić information content (AvgIpc) is 2.29. The summed E-state index contributed by atoms with van der Waals surface area (Å²) in [7, 11) is 1.41. The van der Waals surface area contributed by atoms with Crippen LogP contribution in [0.4, 0.5) is 0 Å². The molecular weight excluding hydrogens is 212 g/mol. The SMILES string of the molecule is C=CCC(CO)OC(C)C(O)C(CO)OC. The maximum Gasteiger partial charge on any atom is 0.109 e. The van der Waals surface area contributed by atoms with Gasteiger partial charge in [0.05, 0.1) is 25.4 Å². The van der Waals surface area contributed by atoms with Gasteiger partial charge in [0.1, 0.15) is 12.2 Å². The number of hydrogen-bond acceptors (Lipinski definition) is 5. The van der Waals surface area contributed by atoms with Gasteiger partial charge >= 0.3 is 0 Å². The van der Waals surface area contributed by atoms with Crippen LogP contribution in [0.2, 0.25) is 0 Å². The molecule has 3 N–H and O–H groups in total. The predicted octanol–water partition coefficient (Wildman–Crippen LogP) is -0.303. The van der Waals surface area contributed by atoms with Crippen molar-refractivity contribution in [1.29, 1.82) is 0 Å². The molecule has 0 rings (SSSR count). The molecule has 0 aliphatic rings. The van der Waals surface area contributed by atoms with E-state index in [0.29, 0.717) is 6.42 Å². The molecule has 0 aromatic rings. The van der Waals surface area contributed by atoms with E-state index in [0.717, 1.165) is 0 Å². The van der Waals surface area contributed by atoms with Gasteiger partial charge in [-0.25, -0.2) is 0 Å². The van der Waals surface area contributed by atoms with Crippen LogP contribution < -0.4 is 0 Å². The first-order valence-corrected chi connectivity index (χ1v) is 5.29. The topological polar surface area (TPSA) is 79.2 Å². The molecule has 0 aromatic heterocycles. The van der Waals surface area contributed by atoms with Crippen LogP contribution in [0.25, 0.3) is 0 Å². The molecule has 0 heterocycles. The van der Waals surface area contributed by atoms with Crippen LogP contribution in [-0.4, -0.2) is 60.1 Å². The Bertz CT molecular complexity index is 181. The normalized spacial score (nSPS) is 18.8. The van der Waals surface area contributed by atoms with Gasteiger partial charge in [0.15, 0.2) is 0 Å². The second kappa shape index (κ2) is 8.66. The third kappa shape index (κ3) is 5.05. The van der Waals surface area contributed by atoms with E-state index in [9.17, 15) is 5.11 Å². The first-order chi connectivity index (χ1) is 7.60. The van der Waals surface area contributed by atoms with Crippen molar-refractivity contribution in [2.75, 3.05) is 20.3 Å². The van der Waals surface area contributed by atoms with Gasteiger partial charge in [-0.05, 0) is 13.3 Å². The standard InChI is InChI=1S/C11H22O5/c1-4-5-9(6-12)16-8(2)11(14)10(7-13)15-3/h4,8-14H,1,5-7H2,2-3H3. The smallest absolute Gasteiger partial charge is 0.109 e. The summed E-state index contributed by atoms with van der Waals surface area (Å²) in [4.78, 5) is 0. The Morgan fingerprint density at radius 2 is 1.94 bits per heavy atom. The molecule has 0 aliphatic carbocycles. The van der Waals surface area contributed by atoms with E-state index in [1.54, 1.807) is 13.0 Å². The highest BCUT2D eigenvalue weighted by Crippen LogP contribution is 2.11. The number of hydrogen-bond donors (Lipinski definition) is 3. The Labute approximate surface area is 96.3 Å². The van der Waals surface area contributed by atoms with Crippen molar-refractivity contribution >= 4 is 0 Å². The van der Waals surface area contributed by atoms with Gasteiger partial charge in [0.2, 0.25) is 0 Å². The molecule has 96 valence electrons. The van der Waals surface area contributed by atoms with E-state index in [1.807, 2.05) is 0 Å². The molecule has 0 fully saturated rings. The second-order valence-electron chi connectivity index (χ2n) is 3.62. The van der Waals surface area contributed by atoms with Crippen molar-refractivity contribution in [3.63, 3.8) is 0 Å². The van der Waals surface area contributed by atoms with Crippen molar-refractivity contribution in [3.8, 4) is 0 Å². The van der Waals surface area contributed by atoms with Crippen molar-refractivity contribution in [2.24, 2.45) is 0 Å². The quantitative estimate of drug-likeness (QED) is 0.477. The lowest BCUT2D eigenvalue weighted by Crippen LogP contribution is -2.42. The van der Waals surface area contributed by atoms with Gasteiger partial charge in [-0.3, -0.25) is 0 Å². The number of ether oxygens (including phenoxy) is 2. The summed E-state index contributed by atoms with van der Waals surface area (Å²) in [5.41, 5.74) is 0. The molecular formula is C11H22O5. The summed E-state index contributed by atoms with van der Waals surface area (Å²) in [6.07, 6.45) is -0.399. The number of aliphatic hydroxyl groups is 3. The van der Waals surface area contributed by atoms with Crippen molar-refractivity contribution in [1.82, 2.24) is 0 Å². The minimum Gasteiger partial charge on any atom is -0.394 e. The lowest BCUT2D eigenvalue weighted by molar-refractivity contribution is -0.132. The minimum absolute atomic E-state index is 0.139. The lowest BCUT2D eigenvalue weighted by atomic mass is 10.1. The van der Waals surface area contributed by atoms with Crippen LogP contribution in [-0.2, 0) is 9.47 Å². The van der Waals surface area contributed by atoms with E-state index in [-0.39, 0.29) is 13.2 Å². The largest absolute Gasteiger partial charge is 0.394 e. The van der Waals surface area contributed by atoms with Gasteiger partial charge in [-0.2, -0.15) is 0 Å². The van der Waals surface area contributed by atoms with Crippen LogP contribution in [0.3, 0.4) is 0 Å². The zero-order chi connectivity index (χ0) is 12.6. The van der Waals surface area contributed by atoms with Crippen molar-refractivity contribution < 1.29 is 24.8 Å². The van der Waals surface area contributed by atoms with E-state index < -0.39 is 24.4 Å². The Morgan fingerprint density at radius 3 is 2.31 bits per heavy atom. The van der Waals surface area contributed by atoms with E-state index >= 15 is 0 Å². The summed E-state index contributed by atoms with van der Waals surface area (Å²) < 4.78 is 10.3. The molecule has 5 heteroatoms. The summed E-state index contributed by atoms with van der Waals surface area (Å²) in [5.74, 6) is 0. The molecule has 0 aromatic carbocycles. The summed E-state index contributed by atoms with van der Waals surface area (Å²) in [6, 6.07) is 0. The second-order valence-corrected chi connectivity index (χ2v) is 3.62. The average molecular weight is 234 g/mol. The molecule has 0 saturated carbocycles. The molecule has 0 spiro atoms. The molecule has 5 nitrogen and oxygen atoms in total. The number of rotatable bonds is 9. The molecule has 4 atom stereocenters. The fraction of sp³-hybridized carbons (Fsp3) is 0.818. The zero-order valence-electron chi connectivity index (χ0n) is 9.87. The lowest BCUT2D eigenvalue weighted by Gasteiger charge is -2.28. The maximum atomic E-state index is 9.77. The third-order valence-electron chi connectivity index (χ3n) is 2.38. The summed E-state index contributed by atoms with van der Waals surface area (Å²) in [6.45, 7) is 4.79. The number of methoxy groups -OCH3 is 1. The van der Waals surface area contributed by atoms with Crippen LogP contribution in [0.1, 0.15) is 13.3 Å². The van der Waals surface area contributed by atoms with E-state index in [1.165, 1.54) is 7.11 Å². The Balaban J connectivity index is 4.19. The van der Waals surface area contributed by atoms with Crippen LogP contribution in [0.5, 0.6) is 0 Å². The predicted molar refractivity (Wildman–Crippen MR) is 60.1 cm³/mol. The molecule has 0 aliphatic heterocycles. The highest BCUT2D eigenvalue weighted by molar-refractivity contribution is 4.78. The van der Waals surface area contributed by atoms with Gasteiger partial charge in [-0.1, -0.05) is 6.08 Å². The fourth-order valence-electron chi connectivity index (χ4n) is 1.37. The summed E-state index contributed by atoms with van der Waals surface area (Å²) in [5, 5.41) is 27.7. The highest BCUT2D eigenvalue weighted by atomic mass is 16.5. The molecule has 0 amide bonds. The van der Waals surface area contributed by atoms with Gasteiger partial charge in [0.25, 0.3) is 0 Å². The third-order valence-corrected chi connectivity index (χ3v) is 2.38. The van der Waals surface area contributed by atoms with Gasteiger partial charge in [0, 0.05) is 7.11 Å². The monoisotopic (exact) mass is 234 g/mol. The Kier molecular flexibility index (Phi) is 8.42. The Morgan fingerprint density at radius 1 is 1.31 bits per heavy atom. The van der Waals surface area contributed by atoms with Crippen LogP contribution in [0.15, 0.2) is 12.7 Å². The highest BCUT2D eigenvalue weighted by Gasteiger charge is 2.26. The molecule has 0 bridgehead atoms. The molecule has 0 radical (unpaired) electrons. The summed E-state index contributed by atoms with van der Waals surface area (Å²) >= 11 is 0. The van der Waals surface area contributed by atoms with E-state index in [2.05, 4.69) is 6.58 Å². The van der Waals surface area contributed by atoms with Crippen LogP contribution >= 0.6 is 0 Å². The molecule has 4 unspecified atom stereocenters. The van der Waals surface area contributed by atoms with Crippen molar-refractivity contribution in [2.45, 2.75) is 37.8 Å². The first-order valence-electron chi connectivity index (χ1n) is 5.29. The van der Waals surface area contributed by atoms with Crippen LogP contribution in [0, 0.1) is 0 Å².